The van der Waals surface area contributed by atoms with Gasteiger partial charge in [-0.2, -0.15) is 0 Å². The summed E-state index contributed by atoms with van der Waals surface area (Å²) in [5, 5.41) is 36.8. The van der Waals surface area contributed by atoms with Crippen LogP contribution in [0.2, 0.25) is 0 Å². The number of aliphatic hydroxyl groups is 4. The number of hydrogen-bond acceptors (Lipinski definition) is 9. The smallest absolute Gasteiger partial charge is 0.347 e. The van der Waals surface area contributed by atoms with Crippen molar-refractivity contribution in [3.05, 3.63) is 30.1 Å². The maximum Gasteiger partial charge on any atom is 0.347 e. The summed E-state index contributed by atoms with van der Waals surface area (Å²) in [4.78, 5) is 26.8. The van der Waals surface area contributed by atoms with E-state index in [1.807, 2.05) is 0 Å². The number of aliphatic hydroxyl groups excluding tert-OH is 4. The topological polar surface area (TPSA) is 163 Å². The van der Waals surface area contributed by atoms with Crippen molar-refractivity contribution in [1.82, 2.24) is 4.98 Å². The SMILES string of the molecule is N[C@H](C(=O)OC(=O)c1cccnc1)[C@@H](O)[C@H](O)[C@H](O)CO. The van der Waals surface area contributed by atoms with Crippen molar-refractivity contribution in [1.29, 1.82) is 0 Å². The highest BCUT2D eigenvalue weighted by Gasteiger charge is 2.35. The third kappa shape index (κ3) is 4.55. The molecule has 116 valence electrons. The van der Waals surface area contributed by atoms with E-state index in [9.17, 15) is 19.8 Å². The van der Waals surface area contributed by atoms with Crippen LogP contribution in [-0.2, 0) is 9.53 Å². The van der Waals surface area contributed by atoms with Gasteiger partial charge in [0.15, 0.2) is 0 Å². The Morgan fingerprint density at radius 3 is 2.48 bits per heavy atom. The molecule has 0 fully saturated rings. The second kappa shape index (κ2) is 7.76. The fourth-order valence-electron chi connectivity index (χ4n) is 1.39. The standard InChI is InChI=1S/C12H16N2O7/c13-8(10(18)9(17)7(16)5-15)12(20)21-11(19)6-2-1-3-14-4-6/h1-4,7-10,15-18H,5,13H2/t7-,8+,9-,10-/m1/s1. The number of aromatic nitrogens is 1. The van der Waals surface area contributed by atoms with Crippen LogP contribution in [0.1, 0.15) is 10.4 Å². The van der Waals surface area contributed by atoms with Crippen LogP contribution in [0.25, 0.3) is 0 Å². The van der Waals surface area contributed by atoms with Gasteiger partial charge in [0.2, 0.25) is 0 Å². The van der Waals surface area contributed by atoms with Gasteiger partial charge in [0, 0.05) is 12.4 Å². The van der Waals surface area contributed by atoms with Gasteiger partial charge in [-0.1, -0.05) is 0 Å². The molecular formula is C12H16N2O7. The van der Waals surface area contributed by atoms with E-state index in [2.05, 4.69) is 9.72 Å². The summed E-state index contributed by atoms with van der Waals surface area (Å²) >= 11 is 0. The second-order valence-electron chi connectivity index (χ2n) is 4.21. The molecule has 0 aliphatic carbocycles. The number of rotatable bonds is 6. The van der Waals surface area contributed by atoms with Crippen molar-refractivity contribution in [3.63, 3.8) is 0 Å². The molecule has 1 aromatic rings. The number of carbonyl (C=O) groups is 2. The second-order valence-corrected chi connectivity index (χ2v) is 4.21. The predicted molar refractivity (Wildman–Crippen MR) is 67.7 cm³/mol. The van der Waals surface area contributed by atoms with Gasteiger partial charge in [0.05, 0.1) is 12.2 Å². The first kappa shape index (κ1) is 17.1. The molecule has 21 heavy (non-hydrogen) atoms. The molecule has 4 atom stereocenters. The summed E-state index contributed by atoms with van der Waals surface area (Å²) in [6, 6.07) is 1.04. The number of ether oxygens (including phenoxy) is 1. The quantitative estimate of drug-likeness (QED) is 0.275. The number of carbonyl (C=O) groups excluding carboxylic acids is 2. The summed E-state index contributed by atoms with van der Waals surface area (Å²) in [6.45, 7) is -0.839. The maximum atomic E-state index is 11.6. The highest BCUT2D eigenvalue weighted by molar-refractivity contribution is 5.97. The summed E-state index contributed by atoms with van der Waals surface area (Å²) < 4.78 is 4.42. The lowest BCUT2D eigenvalue weighted by molar-refractivity contribution is -0.147. The third-order valence-electron chi connectivity index (χ3n) is 2.66. The Kier molecular flexibility index (Phi) is 6.34. The van der Waals surface area contributed by atoms with E-state index in [-0.39, 0.29) is 5.56 Å². The molecule has 0 amide bonds. The van der Waals surface area contributed by atoms with Crippen LogP contribution in [0.4, 0.5) is 0 Å². The zero-order valence-electron chi connectivity index (χ0n) is 10.9. The molecular weight excluding hydrogens is 284 g/mol. The van der Waals surface area contributed by atoms with E-state index in [4.69, 9.17) is 15.9 Å². The van der Waals surface area contributed by atoms with Crippen molar-refractivity contribution in [2.24, 2.45) is 5.73 Å². The van der Waals surface area contributed by atoms with Crippen molar-refractivity contribution in [2.75, 3.05) is 6.61 Å². The maximum absolute atomic E-state index is 11.6. The van der Waals surface area contributed by atoms with Crippen molar-refractivity contribution in [2.45, 2.75) is 24.4 Å². The van der Waals surface area contributed by atoms with E-state index < -0.39 is 42.9 Å². The average molecular weight is 300 g/mol. The van der Waals surface area contributed by atoms with E-state index in [0.29, 0.717) is 0 Å². The largest absolute Gasteiger partial charge is 0.394 e. The molecule has 0 spiro atoms. The number of pyridine rings is 1. The van der Waals surface area contributed by atoms with Crippen LogP contribution < -0.4 is 5.73 Å². The van der Waals surface area contributed by atoms with Crippen molar-refractivity contribution >= 4 is 11.9 Å². The zero-order chi connectivity index (χ0) is 16.0. The minimum Gasteiger partial charge on any atom is -0.394 e. The minimum absolute atomic E-state index is 0.00322. The Morgan fingerprint density at radius 2 is 1.95 bits per heavy atom. The molecule has 9 heteroatoms. The summed E-state index contributed by atoms with van der Waals surface area (Å²) in [5.74, 6) is -2.31. The number of nitrogens with zero attached hydrogens (tertiary/aromatic N) is 1. The Hall–Kier alpha value is -1.91. The first-order chi connectivity index (χ1) is 9.88. The highest BCUT2D eigenvalue weighted by atomic mass is 16.6. The van der Waals surface area contributed by atoms with Crippen LogP contribution in [0.5, 0.6) is 0 Å². The predicted octanol–water partition coefficient (Wildman–Crippen LogP) is -2.83. The van der Waals surface area contributed by atoms with Gasteiger partial charge in [0.1, 0.15) is 24.4 Å². The average Bonchev–Trinajstić information content (AvgIpc) is 2.52. The van der Waals surface area contributed by atoms with E-state index in [1.54, 1.807) is 0 Å². The highest BCUT2D eigenvalue weighted by Crippen LogP contribution is 2.07. The Balaban J connectivity index is 2.64. The molecule has 0 aromatic carbocycles. The number of esters is 2. The lowest BCUT2D eigenvalue weighted by Gasteiger charge is -2.24. The molecule has 0 saturated carbocycles. The minimum atomic E-state index is -1.92. The Labute approximate surface area is 119 Å². The van der Waals surface area contributed by atoms with E-state index in [1.165, 1.54) is 24.5 Å². The van der Waals surface area contributed by atoms with E-state index >= 15 is 0 Å². The molecule has 0 saturated heterocycles. The molecule has 0 bridgehead atoms. The first-order valence-corrected chi connectivity index (χ1v) is 5.95. The first-order valence-electron chi connectivity index (χ1n) is 5.95. The normalized spacial score (nSPS) is 16.6. The molecule has 0 radical (unpaired) electrons. The van der Waals surface area contributed by atoms with Gasteiger partial charge in [-0.15, -0.1) is 0 Å². The molecule has 9 nitrogen and oxygen atoms in total. The van der Waals surface area contributed by atoms with Crippen LogP contribution in [-0.4, -0.2) is 68.3 Å². The summed E-state index contributed by atoms with van der Waals surface area (Å²) in [6.07, 6.45) is -2.89. The summed E-state index contributed by atoms with van der Waals surface area (Å²) in [5.41, 5.74) is 5.34. The van der Waals surface area contributed by atoms with Gasteiger partial charge < -0.3 is 30.9 Å². The van der Waals surface area contributed by atoms with Crippen LogP contribution >= 0.6 is 0 Å². The number of nitrogens with two attached hydrogens (primary N) is 1. The van der Waals surface area contributed by atoms with Gasteiger partial charge in [-0.05, 0) is 12.1 Å². The Bertz CT molecular complexity index is 482. The lowest BCUT2D eigenvalue weighted by atomic mass is 10.0. The van der Waals surface area contributed by atoms with Crippen molar-refractivity contribution in [3.8, 4) is 0 Å². The molecule has 1 rings (SSSR count). The monoisotopic (exact) mass is 300 g/mol. The van der Waals surface area contributed by atoms with Crippen LogP contribution in [0.15, 0.2) is 24.5 Å². The molecule has 0 aliphatic heterocycles. The van der Waals surface area contributed by atoms with Gasteiger partial charge in [-0.25, -0.2) is 9.59 Å². The molecule has 1 heterocycles. The fourth-order valence-corrected chi connectivity index (χ4v) is 1.39. The van der Waals surface area contributed by atoms with E-state index in [0.717, 1.165) is 0 Å². The van der Waals surface area contributed by atoms with Gasteiger partial charge >= 0.3 is 11.9 Å². The number of hydrogen-bond donors (Lipinski definition) is 5. The van der Waals surface area contributed by atoms with Crippen molar-refractivity contribution < 1.29 is 34.8 Å². The zero-order valence-corrected chi connectivity index (χ0v) is 10.9. The molecule has 0 unspecified atom stereocenters. The third-order valence-corrected chi connectivity index (χ3v) is 2.66. The lowest BCUT2D eigenvalue weighted by Crippen LogP contribution is -2.53. The van der Waals surface area contributed by atoms with Gasteiger partial charge in [0.25, 0.3) is 0 Å². The van der Waals surface area contributed by atoms with Crippen LogP contribution in [0.3, 0.4) is 0 Å². The van der Waals surface area contributed by atoms with Gasteiger partial charge in [-0.3, -0.25) is 4.98 Å². The summed E-state index contributed by atoms with van der Waals surface area (Å²) in [7, 11) is 0. The fraction of sp³-hybridized carbons (Fsp3) is 0.417. The molecule has 1 aromatic heterocycles. The molecule has 6 N–H and O–H groups in total. The Morgan fingerprint density at radius 1 is 1.29 bits per heavy atom. The molecule has 0 aliphatic rings. The van der Waals surface area contributed by atoms with Crippen LogP contribution in [0, 0.1) is 0 Å².